The van der Waals surface area contributed by atoms with Crippen molar-refractivity contribution in [1.82, 2.24) is 20.5 Å². The van der Waals surface area contributed by atoms with Gasteiger partial charge in [0, 0.05) is 51.3 Å². The van der Waals surface area contributed by atoms with Crippen molar-refractivity contribution in [2.24, 2.45) is 4.99 Å². The zero-order chi connectivity index (χ0) is 20.3. The average molecular weight is 531 g/mol. The molecule has 1 fully saturated rings. The Balaban J connectivity index is 0.00000320. The number of hydrogen-bond donors (Lipinski definition) is 2. The Morgan fingerprint density at radius 1 is 1.20 bits per heavy atom. The standard InChI is InChI=1S/C21H30FN5O2.HI/c1-2-23-21(24-9-3-11-27-12-14-28-15-13-27)25-10-8-19-16-29-20(26-19)17-4-6-18(22)7-5-17;/h4-7,16H,2-3,8-15H2,1H3,(H2,23,24,25);1H. The van der Waals surface area contributed by atoms with Crippen molar-refractivity contribution in [2.45, 2.75) is 19.8 Å². The number of aliphatic imine (C=N–C) groups is 1. The fourth-order valence-corrected chi connectivity index (χ4v) is 3.11. The first-order valence-electron chi connectivity index (χ1n) is 10.3. The number of morpholine rings is 1. The van der Waals surface area contributed by atoms with Crippen molar-refractivity contribution < 1.29 is 13.5 Å². The Hall–Kier alpha value is -1.72. The number of aromatic nitrogens is 1. The Labute approximate surface area is 194 Å². The van der Waals surface area contributed by atoms with Crippen molar-refractivity contribution in [2.75, 3.05) is 52.5 Å². The molecule has 0 bridgehead atoms. The van der Waals surface area contributed by atoms with Crippen LogP contribution in [-0.4, -0.2) is 68.3 Å². The zero-order valence-corrected chi connectivity index (χ0v) is 19.7. The first kappa shape index (κ1) is 24.5. The summed E-state index contributed by atoms with van der Waals surface area (Å²) in [5.74, 6) is 1.05. The molecule has 1 aromatic heterocycles. The molecule has 2 aromatic rings. The van der Waals surface area contributed by atoms with Gasteiger partial charge in [-0.05, 0) is 37.6 Å². The minimum Gasteiger partial charge on any atom is -0.444 e. The second-order valence-electron chi connectivity index (χ2n) is 6.90. The molecule has 3 rings (SSSR count). The number of halogens is 2. The summed E-state index contributed by atoms with van der Waals surface area (Å²) in [6.45, 7) is 9.09. The van der Waals surface area contributed by atoms with Gasteiger partial charge >= 0.3 is 0 Å². The van der Waals surface area contributed by atoms with Gasteiger partial charge in [-0.2, -0.15) is 0 Å². The fraction of sp³-hybridized carbons (Fsp3) is 0.524. The molecular weight excluding hydrogens is 500 g/mol. The van der Waals surface area contributed by atoms with E-state index in [4.69, 9.17) is 9.15 Å². The minimum absolute atomic E-state index is 0. The molecule has 0 aliphatic carbocycles. The molecule has 2 heterocycles. The number of ether oxygens (including phenoxy) is 1. The van der Waals surface area contributed by atoms with Crippen LogP contribution in [0.1, 0.15) is 19.0 Å². The number of benzene rings is 1. The molecule has 0 saturated carbocycles. The second-order valence-corrected chi connectivity index (χ2v) is 6.90. The molecule has 9 heteroatoms. The topological polar surface area (TPSA) is 74.9 Å². The summed E-state index contributed by atoms with van der Waals surface area (Å²) >= 11 is 0. The van der Waals surface area contributed by atoms with E-state index in [0.717, 1.165) is 69.6 Å². The van der Waals surface area contributed by atoms with Crippen molar-refractivity contribution >= 4 is 29.9 Å². The molecule has 7 nitrogen and oxygen atoms in total. The number of guanidine groups is 1. The third-order valence-electron chi connectivity index (χ3n) is 4.67. The van der Waals surface area contributed by atoms with Crippen LogP contribution >= 0.6 is 24.0 Å². The lowest BCUT2D eigenvalue weighted by Gasteiger charge is -2.26. The molecule has 1 aromatic carbocycles. The van der Waals surface area contributed by atoms with E-state index in [9.17, 15) is 4.39 Å². The fourth-order valence-electron chi connectivity index (χ4n) is 3.11. The SMILES string of the molecule is CCNC(=NCCCN1CCOCC1)NCCc1coc(-c2ccc(F)cc2)n1.I. The van der Waals surface area contributed by atoms with Crippen molar-refractivity contribution in [3.05, 3.63) is 42.0 Å². The van der Waals surface area contributed by atoms with Crippen LogP contribution in [0.5, 0.6) is 0 Å². The Kier molecular flexibility index (Phi) is 11.1. The van der Waals surface area contributed by atoms with Gasteiger partial charge < -0.3 is 19.8 Å². The molecule has 0 unspecified atom stereocenters. The van der Waals surface area contributed by atoms with Gasteiger partial charge in [-0.15, -0.1) is 24.0 Å². The third-order valence-corrected chi connectivity index (χ3v) is 4.67. The molecular formula is C21H31FIN5O2. The molecule has 1 aliphatic rings. The van der Waals surface area contributed by atoms with Gasteiger partial charge in [0.05, 0.1) is 18.9 Å². The largest absolute Gasteiger partial charge is 0.444 e. The lowest BCUT2D eigenvalue weighted by Crippen LogP contribution is -2.39. The summed E-state index contributed by atoms with van der Waals surface area (Å²) in [5.41, 5.74) is 1.61. The van der Waals surface area contributed by atoms with Crippen molar-refractivity contribution in [3.8, 4) is 11.5 Å². The maximum atomic E-state index is 13.0. The van der Waals surface area contributed by atoms with Gasteiger partial charge in [0.25, 0.3) is 0 Å². The van der Waals surface area contributed by atoms with Crippen LogP contribution in [0.15, 0.2) is 39.9 Å². The van der Waals surface area contributed by atoms with E-state index >= 15 is 0 Å². The van der Waals surface area contributed by atoms with Crippen LogP contribution in [0, 0.1) is 5.82 Å². The monoisotopic (exact) mass is 531 g/mol. The van der Waals surface area contributed by atoms with Gasteiger partial charge in [-0.25, -0.2) is 9.37 Å². The summed E-state index contributed by atoms with van der Waals surface area (Å²) < 4.78 is 23.9. The van der Waals surface area contributed by atoms with Gasteiger partial charge in [0.1, 0.15) is 12.1 Å². The maximum Gasteiger partial charge on any atom is 0.226 e. The Morgan fingerprint density at radius 2 is 1.97 bits per heavy atom. The number of rotatable bonds is 9. The highest BCUT2D eigenvalue weighted by Gasteiger charge is 2.09. The molecule has 1 aliphatic heterocycles. The minimum atomic E-state index is -0.273. The smallest absolute Gasteiger partial charge is 0.226 e. The highest BCUT2D eigenvalue weighted by atomic mass is 127. The number of nitrogens with zero attached hydrogens (tertiary/aromatic N) is 3. The zero-order valence-electron chi connectivity index (χ0n) is 17.4. The van der Waals surface area contributed by atoms with Gasteiger partial charge in [0.15, 0.2) is 5.96 Å². The molecule has 0 amide bonds. The Bertz CT molecular complexity index is 763. The highest BCUT2D eigenvalue weighted by Crippen LogP contribution is 2.18. The van der Waals surface area contributed by atoms with E-state index in [1.165, 1.54) is 12.1 Å². The molecule has 2 N–H and O–H groups in total. The Morgan fingerprint density at radius 3 is 2.70 bits per heavy atom. The van der Waals surface area contributed by atoms with E-state index < -0.39 is 0 Å². The van der Waals surface area contributed by atoms with Crippen LogP contribution < -0.4 is 10.6 Å². The summed E-state index contributed by atoms with van der Waals surface area (Å²) in [5, 5.41) is 6.61. The number of nitrogens with one attached hydrogen (secondary N) is 2. The summed E-state index contributed by atoms with van der Waals surface area (Å²) in [6, 6.07) is 6.13. The van der Waals surface area contributed by atoms with Crippen molar-refractivity contribution in [1.29, 1.82) is 0 Å². The van der Waals surface area contributed by atoms with Crippen LogP contribution in [-0.2, 0) is 11.2 Å². The van der Waals surface area contributed by atoms with E-state index in [0.29, 0.717) is 18.9 Å². The lowest BCUT2D eigenvalue weighted by atomic mass is 10.2. The van der Waals surface area contributed by atoms with Gasteiger partial charge in [-0.3, -0.25) is 9.89 Å². The van der Waals surface area contributed by atoms with E-state index in [2.05, 4.69) is 32.4 Å². The molecule has 166 valence electrons. The normalized spacial score (nSPS) is 14.9. The summed E-state index contributed by atoms with van der Waals surface area (Å²) in [7, 11) is 0. The molecule has 30 heavy (non-hydrogen) atoms. The third kappa shape index (κ3) is 8.19. The van der Waals surface area contributed by atoms with Crippen LogP contribution in [0.25, 0.3) is 11.5 Å². The molecule has 0 atom stereocenters. The lowest BCUT2D eigenvalue weighted by molar-refractivity contribution is 0.0377. The van der Waals surface area contributed by atoms with E-state index in [1.807, 2.05) is 0 Å². The number of hydrogen-bond acceptors (Lipinski definition) is 5. The second kappa shape index (κ2) is 13.6. The molecule has 0 radical (unpaired) electrons. The first-order valence-corrected chi connectivity index (χ1v) is 10.3. The van der Waals surface area contributed by atoms with Gasteiger partial charge in [0.2, 0.25) is 5.89 Å². The maximum absolute atomic E-state index is 13.0. The van der Waals surface area contributed by atoms with Crippen molar-refractivity contribution in [3.63, 3.8) is 0 Å². The van der Waals surface area contributed by atoms with Crippen LogP contribution in [0.3, 0.4) is 0 Å². The average Bonchev–Trinajstić information content (AvgIpc) is 3.21. The first-order chi connectivity index (χ1) is 14.2. The predicted octanol–water partition coefficient (Wildman–Crippen LogP) is 2.92. The molecule has 1 saturated heterocycles. The summed E-state index contributed by atoms with van der Waals surface area (Å²) in [6.07, 6.45) is 3.39. The predicted molar refractivity (Wildman–Crippen MR) is 127 cm³/mol. The van der Waals surface area contributed by atoms with Crippen LogP contribution in [0.4, 0.5) is 4.39 Å². The summed E-state index contributed by atoms with van der Waals surface area (Å²) in [4.78, 5) is 11.5. The van der Waals surface area contributed by atoms with Crippen LogP contribution in [0.2, 0.25) is 0 Å². The molecule has 0 spiro atoms. The highest BCUT2D eigenvalue weighted by molar-refractivity contribution is 14.0. The van der Waals surface area contributed by atoms with Gasteiger partial charge in [-0.1, -0.05) is 0 Å². The van der Waals surface area contributed by atoms with E-state index in [-0.39, 0.29) is 29.8 Å². The number of oxazole rings is 1. The quantitative estimate of drug-likeness (QED) is 0.225. The van der Waals surface area contributed by atoms with E-state index in [1.54, 1.807) is 18.4 Å².